The summed E-state index contributed by atoms with van der Waals surface area (Å²) >= 11 is 0. The van der Waals surface area contributed by atoms with E-state index in [9.17, 15) is 0 Å². The van der Waals surface area contributed by atoms with Gasteiger partial charge in [-0.15, -0.1) is 0 Å². The maximum Gasteiger partial charge on any atom is 0.220 e. The molecule has 1 aliphatic rings. The van der Waals surface area contributed by atoms with Gasteiger partial charge in [0, 0.05) is 32.8 Å². The maximum absolute atomic E-state index is 6.68. The minimum atomic E-state index is 0.873. The number of aryl methyl sites for hydroxylation is 1. The Morgan fingerprint density at radius 1 is 0.562 bits per heavy atom. The summed E-state index contributed by atoms with van der Waals surface area (Å²) in [6.07, 6.45) is 6.42. The quantitative estimate of drug-likeness (QED) is 0.198. The second kappa shape index (κ2) is 9.60. The van der Waals surface area contributed by atoms with Crippen LogP contribution in [0.3, 0.4) is 0 Å². The zero-order valence-corrected chi connectivity index (χ0v) is 26.0. The Morgan fingerprint density at radius 3 is 2.10 bits per heavy atom. The predicted molar refractivity (Wildman–Crippen MR) is 196 cm³/mol. The molecule has 1 aliphatic carbocycles. The van der Waals surface area contributed by atoms with Crippen molar-refractivity contribution >= 4 is 66.6 Å². The average Bonchev–Trinajstić information content (AvgIpc) is 3.88. The van der Waals surface area contributed by atoms with Gasteiger partial charge < -0.3 is 8.98 Å². The van der Waals surface area contributed by atoms with Crippen molar-refractivity contribution in [1.29, 1.82) is 0 Å². The highest BCUT2D eigenvalue weighted by Gasteiger charge is 2.22. The smallest absolute Gasteiger partial charge is 0.220 e. The molecule has 0 saturated heterocycles. The molecule has 0 spiro atoms. The second-order valence-corrected chi connectivity index (χ2v) is 12.7. The number of aromatic nitrogens is 4. The third kappa shape index (κ3) is 3.47. The number of para-hydroxylation sites is 5. The third-order valence-corrected chi connectivity index (χ3v) is 10.1. The molecule has 0 N–H and O–H groups in total. The van der Waals surface area contributed by atoms with Crippen LogP contribution >= 0.6 is 0 Å². The molecule has 0 unspecified atom stereocenters. The number of furan rings is 1. The molecule has 6 aromatic carbocycles. The van der Waals surface area contributed by atoms with Gasteiger partial charge in [0.15, 0.2) is 0 Å². The summed E-state index contributed by atoms with van der Waals surface area (Å²) in [5.41, 5.74) is 13.2. The van der Waals surface area contributed by atoms with Crippen LogP contribution < -0.4 is 0 Å². The lowest BCUT2D eigenvalue weighted by Crippen LogP contribution is -1.96. The predicted octanol–water partition coefficient (Wildman–Crippen LogP) is 10.9. The van der Waals surface area contributed by atoms with E-state index in [1.54, 1.807) is 0 Å². The number of hydrogen-bond acceptors (Lipinski definition) is 2. The zero-order chi connectivity index (χ0) is 31.3. The Hall–Kier alpha value is -6.33. The van der Waals surface area contributed by atoms with Crippen LogP contribution in [0.5, 0.6) is 0 Å². The summed E-state index contributed by atoms with van der Waals surface area (Å²) in [7, 11) is 0. The Balaban J connectivity index is 1.10. The van der Waals surface area contributed by atoms with Gasteiger partial charge in [-0.25, -0.2) is 4.98 Å². The summed E-state index contributed by atoms with van der Waals surface area (Å²) < 4.78 is 13.7. The lowest BCUT2D eigenvalue weighted by atomic mass is 10.0. The van der Waals surface area contributed by atoms with Crippen LogP contribution in [0.25, 0.3) is 89.1 Å². The number of nitrogens with zero attached hydrogens (tertiary/aromatic N) is 4. The molecular weight excluding hydrogens is 589 g/mol. The molecule has 0 fully saturated rings. The summed E-state index contributed by atoms with van der Waals surface area (Å²) in [6, 6.07) is 47.7. The topological polar surface area (TPSA) is 40.3 Å². The number of benzene rings is 6. The first-order chi connectivity index (χ1) is 23.8. The fraction of sp³-hybridized carbons (Fsp3) is 0.0465. The molecule has 11 rings (SSSR count). The Morgan fingerprint density at radius 2 is 1.27 bits per heavy atom. The first-order valence-corrected chi connectivity index (χ1v) is 16.5. The Labute approximate surface area is 275 Å². The van der Waals surface area contributed by atoms with Gasteiger partial charge in [0.05, 0.1) is 39.1 Å². The highest BCUT2D eigenvalue weighted by molar-refractivity contribution is 6.11. The van der Waals surface area contributed by atoms with Gasteiger partial charge in [0.2, 0.25) is 5.78 Å². The number of rotatable bonds is 3. The number of hydrogen-bond donors (Lipinski definition) is 0. The summed E-state index contributed by atoms with van der Waals surface area (Å²) in [4.78, 5) is 5.13. The molecule has 0 aliphatic heterocycles. The molecule has 0 saturated carbocycles. The fourth-order valence-corrected chi connectivity index (χ4v) is 8.02. The van der Waals surface area contributed by atoms with E-state index in [1.165, 1.54) is 33.0 Å². The van der Waals surface area contributed by atoms with Crippen molar-refractivity contribution in [3.63, 3.8) is 0 Å². The van der Waals surface area contributed by atoms with Crippen molar-refractivity contribution in [2.75, 3.05) is 0 Å². The SMILES string of the molecule is C1=Cc2nc3n(-c4ccc5oc6c(-c7cccc(-n8c9ccccc9c9ccccc98)c7)cccc6c5c4)c4ccccc4n3c2CC1. The minimum Gasteiger partial charge on any atom is -0.455 e. The van der Waals surface area contributed by atoms with Crippen molar-refractivity contribution in [1.82, 2.24) is 18.5 Å². The highest BCUT2D eigenvalue weighted by atomic mass is 16.3. The highest BCUT2D eigenvalue weighted by Crippen LogP contribution is 2.39. The number of allylic oxidation sites excluding steroid dienone is 1. The van der Waals surface area contributed by atoms with Gasteiger partial charge in [-0.3, -0.25) is 8.97 Å². The molecule has 0 bridgehead atoms. The molecule has 0 amide bonds. The molecule has 5 nitrogen and oxygen atoms in total. The van der Waals surface area contributed by atoms with Crippen LogP contribution in [0.2, 0.25) is 0 Å². The first kappa shape index (κ1) is 25.8. The molecule has 0 radical (unpaired) electrons. The van der Waals surface area contributed by atoms with Crippen LogP contribution in [-0.2, 0) is 6.42 Å². The Kier molecular flexibility index (Phi) is 5.16. The van der Waals surface area contributed by atoms with Gasteiger partial charge in [-0.05, 0) is 79.1 Å². The van der Waals surface area contributed by atoms with E-state index in [4.69, 9.17) is 9.40 Å². The zero-order valence-electron chi connectivity index (χ0n) is 26.0. The van der Waals surface area contributed by atoms with Gasteiger partial charge in [0.25, 0.3) is 0 Å². The number of fused-ring (bicyclic) bond motifs is 11. The van der Waals surface area contributed by atoms with Crippen molar-refractivity contribution in [2.24, 2.45) is 0 Å². The summed E-state index contributed by atoms with van der Waals surface area (Å²) in [5, 5.41) is 4.71. The van der Waals surface area contributed by atoms with Gasteiger partial charge in [-0.1, -0.05) is 84.9 Å². The van der Waals surface area contributed by atoms with Crippen LogP contribution in [0.4, 0.5) is 0 Å². The fourth-order valence-electron chi connectivity index (χ4n) is 8.02. The molecule has 226 valence electrons. The summed E-state index contributed by atoms with van der Waals surface area (Å²) in [5.74, 6) is 0.947. The molecule has 10 aromatic rings. The molecule has 0 atom stereocenters. The van der Waals surface area contributed by atoms with E-state index in [-0.39, 0.29) is 0 Å². The molecule has 5 heteroatoms. The summed E-state index contributed by atoms with van der Waals surface area (Å²) in [6.45, 7) is 0. The molecular formula is C43H28N4O. The Bertz CT molecular complexity index is 2910. The largest absolute Gasteiger partial charge is 0.455 e. The standard InChI is InChI=1S/C43H28N4O/c1-4-18-36-31(13-1)32-14-2-5-19-37(32)45(36)28-12-9-11-27(25-28)30-15-10-16-33-34-26-29(23-24-41(34)48-42(30)33)46-39-21-7-8-22-40(39)47-38-20-6-3-17-35(38)44-43(46)47/h1-5,7-19,21-26H,6,20H2. The molecule has 4 heterocycles. The molecule has 48 heavy (non-hydrogen) atoms. The van der Waals surface area contributed by atoms with E-state index in [2.05, 4.69) is 159 Å². The van der Waals surface area contributed by atoms with Gasteiger partial charge in [-0.2, -0.15) is 0 Å². The third-order valence-electron chi connectivity index (χ3n) is 10.1. The lowest BCUT2D eigenvalue weighted by molar-refractivity contribution is 0.670. The average molecular weight is 617 g/mol. The number of imidazole rings is 2. The molecule has 4 aromatic heterocycles. The lowest BCUT2D eigenvalue weighted by Gasteiger charge is -2.10. The van der Waals surface area contributed by atoms with E-state index < -0.39 is 0 Å². The maximum atomic E-state index is 6.68. The normalized spacial score (nSPS) is 13.2. The van der Waals surface area contributed by atoms with E-state index in [1.807, 2.05) is 0 Å². The van der Waals surface area contributed by atoms with E-state index in [0.29, 0.717) is 0 Å². The second-order valence-electron chi connectivity index (χ2n) is 12.7. The van der Waals surface area contributed by atoms with Gasteiger partial charge in [0.1, 0.15) is 11.2 Å². The van der Waals surface area contributed by atoms with Crippen LogP contribution in [-0.4, -0.2) is 18.5 Å². The van der Waals surface area contributed by atoms with Crippen molar-refractivity contribution in [3.05, 3.63) is 151 Å². The monoisotopic (exact) mass is 616 g/mol. The van der Waals surface area contributed by atoms with Crippen LogP contribution in [0.1, 0.15) is 17.8 Å². The van der Waals surface area contributed by atoms with E-state index in [0.717, 1.165) is 74.3 Å². The van der Waals surface area contributed by atoms with E-state index >= 15 is 0 Å². The first-order valence-electron chi connectivity index (χ1n) is 16.5. The van der Waals surface area contributed by atoms with Crippen LogP contribution in [0.15, 0.2) is 144 Å². The van der Waals surface area contributed by atoms with Gasteiger partial charge >= 0.3 is 0 Å². The van der Waals surface area contributed by atoms with Crippen molar-refractivity contribution < 1.29 is 4.42 Å². The van der Waals surface area contributed by atoms with Crippen molar-refractivity contribution in [2.45, 2.75) is 12.8 Å². The van der Waals surface area contributed by atoms with Crippen LogP contribution in [0, 0.1) is 0 Å². The van der Waals surface area contributed by atoms with Crippen molar-refractivity contribution in [3.8, 4) is 22.5 Å². The minimum absolute atomic E-state index is 0.873.